The fourth-order valence-corrected chi connectivity index (χ4v) is 2.77. The monoisotopic (exact) mass is 320 g/mol. The molecule has 0 aliphatic carbocycles. The molecule has 1 atom stereocenters. The molecule has 2 N–H and O–H groups in total. The molecular weight excluding hydrogens is 303 g/mol. The Kier molecular flexibility index (Phi) is 5.66. The van der Waals surface area contributed by atoms with E-state index in [0.717, 1.165) is 10.4 Å². The van der Waals surface area contributed by atoms with Gasteiger partial charge in [0, 0.05) is 23.9 Å². The van der Waals surface area contributed by atoms with Crippen LogP contribution in [0.15, 0.2) is 41.8 Å². The van der Waals surface area contributed by atoms with E-state index in [-0.39, 0.29) is 18.4 Å². The summed E-state index contributed by atoms with van der Waals surface area (Å²) in [5, 5.41) is 7.14. The summed E-state index contributed by atoms with van der Waals surface area (Å²) in [4.78, 5) is 24.7. The largest absolute Gasteiger partial charge is 0.345 e. The second-order valence-corrected chi connectivity index (χ2v) is 6.00. The zero-order valence-electron chi connectivity index (χ0n) is 12.1. The minimum atomic E-state index is -0.692. The number of nitrogens with one attached hydrogen (secondary N) is 2. The number of halogens is 1. The van der Waals surface area contributed by atoms with E-state index in [0.29, 0.717) is 6.42 Å². The smallest absolute Gasteiger partial charge is 0.309 e. The lowest BCUT2D eigenvalue weighted by molar-refractivity contribution is -0.139. The molecule has 2 rings (SSSR count). The van der Waals surface area contributed by atoms with Crippen LogP contribution in [-0.2, 0) is 22.6 Å². The van der Waals surface area contributed by atoms with Crippen LogP contribution in [0.4, 0.5) is 4.39 Å². The predicted molar refractivity (Wildman–Crippen MR) is 83.9 cm³/mol. The van der Waals surface area contributed by atoms with Gasteiger partial charge in [0.25, 0.3) is 0 Å². The second-order valence-electron chi connectivity index (χ2n) is 4.97. The Morgan fingerprint density at radius 3 is 2.55 bits per heavy atom. The highest BCUT2D eigenvalue weighted by molar-refractivity contribution is 7.09. The highest BCUT2D eigenvalue weighted by Gasteiger charge is 2.16. The molecule has 0 radical (unpaired) electrons. The van der Waals surface area contributed by atoms with Crippen LogP contribution in [0.25, 0.3) is 0 Å². The molecule has 0 aliphatic heterocycles. The molecule has 0 unspecified atom stereocenters. The van der Waals surface area contributed by atoms with Crippen LogP contribution in [0.2, 0.25) is 0 Å². The zero-order valence-corrected chi connectivity index (χ0v) is 13.0. The van der Waals surface area contributed by atoms with Crippen molar-refractivity contribution < 1.29 is 14.0 Å². The lowest BCUT2D eigenvalue weighted by Gasteiger charge is -2.12. The fourth-order valence-electron chi connectivity index (χ4n) is 1.94. The van der Waals surface area contributed by atoms with Gasteiger partial charge in [-0.05, 0) is 36.1 Å². The van der Waals surface area contributed by atoms with E-state index < -0.39 is 11.8 Å². The maximum atomic E-state index is 12.8. The number of carbonyl (C=O) groups excluding carboxylic acids is 2. The van der Waals surface area contributed by atoms with Crippen LogP contribution < -0.4 is 10.6 Å². The Hall–Kier alpha value is -2.21. The molecule has 22 heavy (non-hydrogen) atoms. The summed E-state index contributed by atoms with van der Waals surface area (Å²) in [5.74, 6) is -1.69. The van der Waals surface area contributed by atoms with Gasteiger partial charge in [-0.25, -0.2) is 4.39 Å². The third-order valence-corrected chi connectivity index (χ3v) is 3.94. The maximum absolute atomic E-state index is 12.8. The second kappa shape index (κ2) is 7.70. The van der Waals surface area contributed by atoms with Crippen molar-refractivity contribution in [3.8, 4) is 0 Å². The molecule has 0 saturated heterocycles. The number of amides is 2. The summed E-state index contributed by atoms with van der Waals surface area (Å²) < 4.78 is 12.8. The van der Waals surface area contributed by atoms with E-state index in [2.05, 4.69) is 10.6 Å². The minimum Gasteiger partial charge on any atom is -0.345 e. The van der Waals surface area contributed by atoms with E-state index in [1.54, 1.807) is 23.5 Å². The number of carbonyl (C=O) groups is 2. The average molecular weight is 320 g/mol. The highest BCUT2D eigenvalue weighted by atomic mass is 32.1. The van der Waals surface area contributed by atoms with Gasteiger partial charge < -0.3 is 10.6 Å². The third-order valence-electron chi connectivity index (χ3n) is 3.04. The highest BCUT2D eigenvalue weighted by Crippen LogP contribution is 2.10. The van der Waals surface area contributed by atoms with Crippen molar-refractivity contribution in [2.75, 3.05) is 0 Å². The number of hydrogen-bond acceptors (Lipinski definition) is 3. The SMILES string of the molecule is C[C@H](Cc1cccs1)NC(=O)C(=O)NCc1ccc(F)cc1. The summed E-state index contributed by atoms with van der Waals surface area (Å²) >= 11 is 1.61. The molecular formula is C16H17FN2O2S. The first kappa shape index (κ1) is 16.2. The number of thiophene rings is 1. The minimum absolute atomic E-state index is 0.122. The Morgan fingerprint density at radius 2 is 1.91 bits per heavy atom. The molecule has 0 fully saturated rings. The molecule has 116 valence electrons. The van der Waals surface area contributed by atoms with Crippen molar-refractivity contribution in [3.05, 3.63) is 58.0 Å². The van der Waals surface area contributed by atoms with E-state index in [4.69, 9.17) is 0 Å². The predicted octanol–water partition coefficient (Wildman–Crippen LogP) is 2.25. The van der Waals surface area contributed by atoms with Crippen molar-refractivity contribution in [2.45, 2.75) is 25.9 Å². The fraction of sp³-hybridized carbons (Fsp3) is 0.250. The van der Waals surface area contributed by atoms with Gasteiger partial charge in [-0.15, -0.1) is 11.3 Å². The van der Waals surface area contributed by atoms with Gasteiger partial charge in [0.2, 0.25) is 0 Å². The van der Waals surface area contributed by atoms with Crippen LogP contribution in [0.1, 0.15) is 17.4 Å². The van der Waals surface area contributed by atoms with E-state index >= 15 is 0 Å². The van der Waals surface area contributed by atoms with Crippen LogP contribution in [0.5, 0.6) is 0 Å². The number of rotatable bonds is 5. The third kappa shape index (κ3) is 4.96. The lowest BCUT2D eigenvalue weighted by Crippen LogP contribution is -2.44. The summed E-state index contributed by atoms with van der Waals surface area (Å²) in [7, 11) is 0. The van der Waals surface area contributed by atoms with E-state index in [9.17, 15) is 14.0 Å². The summed E-state index contributed by atoms with van der Waals surface area (Å²) in [6, 6.07) is 9.56. The van der Waals surface area contributed by atoms with Crippen molar-refractivity contribution in [1.29, 1.82) is 0 Å². The summed E-state index contributed by atoms with van der Waals surface area (Å²) in [6.07, 6.45) is 0.689. The average Bonchev–Trinajstić information content (AvgIpc) is 2.99. The van der Waals surface area contributed by atoms with Gasteiger partial charge in [-0.2, -0.15) is 0 Å². The standard InChI is InChI=1S/C16H17FN2O2S/c1-11(9-14-3-2-8-22-14)19-16(21)15(20)18-10-12-4-6-13(17)7-5-12/h2-8,11H,9-10H2,1H3,(H,18,20)(H,19,21)/t11-/m1/s1. The lowest BCUT2D eigenvalue weighted by atomic mass is 10.2. The molecule has 2 amide bonds. The van der Waals surface area contributed by atoms with E-state index in [1.807, 2.05) is 24.4 Å². The Labute approximate surface area is 132 Å². The van der Waals surface area contributed by atoms with Crippen LogP contribution in [0.3, 0.4) is 0 Å². The zero-order chi connectivity index (χ0) is 15.9. The topological polar surface area (TPSA) is 58.2 Å². The van der Waals surface area contributed by atoms with Gasteiger partial charge in [0.15, 0.2) is 0 Å². The first-order chi connectivity index (χ1) is 10.5. The van der Waals surface area contributed by atoms with Gasteiger partial charge in [-0.3, -0.25) is 9.59 Å². The van der Waals surface area contributed by atoms with Crippen molar-refractivity contribution >= 4 is 23.2 Å². The molecule has 4 nitrogen and oxygen atoms in total. The summed E-state index contributed by atoms with van der Waals surface area (Å²) in [5.41, 5.74) is 0.731. The molecule has 6 heteroatoms. The van der Waals surface area contributed by atoms with Crippen LogP contribution in [-0.4, -0.2) is 17.9 Å². The van der Waals surface area contributed by atoms with Gasteiger partial charge >= 0.3 is 11.8 Å². The Balaban J connectivity index is 1.76. The van der Waals surface area contributed by atoms with Crippen LogP contribution in [0, 0.1) is 5.82 Å². The normalized spacial score (nSPS) is 11.7. The van der Waals surface area contributed by atoms with Crippen molar-refractivity contribution in [1.82, 2.24) is 10.6 Å². The first-order valence-corrected chi connectivity index (χ1v) is 7.78. The molecule has 1 aromatic carbocycles. The maximum Gasteiger partial charge on any atom is 0.309 e. The molecule has 0 bridgehead atoms. The quantitative estimate of drug-likeness (QED) is 0.830. The van der Waals surface area contributed by atoms with Crippen LogP contribution >= 0.6 is 11.3 Å². The Bertz CT molecular complexity index is 626. The Morgan fingerprint density at radius 1 is 1.18 bits per heavy atom. The molecule has 1 heterocycles. The van der Waals surface area contributed by atoms with Gasteiger partial charge in [-0.1, -0.05) is 18.2 Å². The number of hydrogen-bond donors (Lipinski definition) is 2. The van der Waals surface area contributed by atoms with Gasteiger partial charge in [0.05, 0.1) is 0 Å². The molecule has 0 aliphatic rings. The number of benzene rings is 1. The van der Waals surface area contributed by atoms with Gasteiger partial charge in [0.1, 0.15) is 5.82 Å². The molecule has 0 saturated carbocycles. The first-order valence-electron chi connectivity index (χ1n) is 6.90. The summed E-state index contributed by atoms with van der Waals surface area (Å²) in [6.45, 7) is 2.04. The molecule has 2 aromatic rings. The van der Waals surface area contributed by atoms with Crippen molar-refractivity contribution in [2.24, 2.45) is 0 Å². The van der Waals surface area contributed by atoms with E-state index in [1.165, 1.54) is 12.1 Å². The molecule has 1 aromatic heterocycles. The molecule has 0 spiro atoms. The van der Waals surface area contributed by atoms with Crippen molar-refractivity contribution in [3.63, 3.8) is 0 Å².